The molecule has 2 N–H and O–H groups in total. The predicted molar refractivity (Wildman–Crippen MR) is 119 cm³/mol. The van der Waals surface area contributed by atoms with E-state index in [1.807, 2.05) is 49.6 Å². The van der Waals surface area contributed by atoms with E-state index in [2.05, 4.69) is 19.9 Å². The molecule has 0 aliphatic rings. The summed E-state index contributed by atoms with van der Waals surface area (Å²) in [6, 6.07) is 11.4. The number of hydrogen-bond acceptors (Lipinski definition) is 6. The SMILES string of the molecule is CCCc1cc(=O)[nH]c(S[C@H](C)c2nc3scc(-c4ccccc4)c3c(=O)[nH]2)n1. The molecule has 0 saturated carbocycles. The number of thioether (sulfide) groups is 1. The van der Waals surface area contributed by atoms with Crippen molar-refractivity contribution in [2.45, 2.75) is 37.1 Å². The number of nitrogens with zero attached hydrogens (tertiary/aromatic N) is 2. The fourth-order valence-electron chi connectivity index (χ4n) is 3.14. The van der Waals surface area contributed by atoms with Crippen molar-refractivity contribution in [1.82, 2.24) is 19.9 Å². The highest BCUT2D eigenvalue weighted by Gasteiger charge is 2.17. The van der Waals surface area contributed by atoms with Gasteiger partial charge in [0.05, 0.1) is 10.6 Å². The number of H-pyrrole nitrogens is 2. The first-order valence-electron chi connectivity index (χ1n) is 9.39. The molecule has 3 heterocycles. The van der Waals surface area contributed by atoms with Crippen LogP contribution in [0.4, 0.5) is 0 Å². The van der Waals surface area contributed by atoms with Gasteiger partial charge in [-0.2, -0.15) is 0 Å². The van der Waals surface area contributed by atoms with E-state index in [4.69, 9.17) is 0 Å². The molecule has 6 nitrogen and oxygen atoms in total. The Morgan fingerprint density at radius 3 is 2.69 bits per heavy atom. The third kappa shape index (κ3) is 4.18. The number of thiophene rings is 1. The highest BCUT2D eigenvalue weighted by molar-refractivity contribution is 7.99. The van der Waals surface area contributed by atoms with E-state index in [1.165, 1.54) is 29.2 Å². The zero-order valence-electron chi connectivity index (χ0n) is 16.1. The predicted octanol–water partition coefficient (Wildman–Crippen LogP) is 4.54. The fourth-order valence-corrected chi connectivity index (χ4v) is 4.98. The quantitative estimate of drug-likeness (QED) is 0.350. The van der Waals surface area contributed by atoms with Gasteiger partial charge in [-0.25, -0.2) is 9.97 Å². The first-order chi connectivity index (χ1) is 14.0. The zero-order chi connectivity index (χ0) is 20.4. The Balaban J connectivity index is 1.67. The van der Waals surface area contributed by atoms with Crippen molar-refractivity contribution in [2.75, 3.05) is 0 Å². The Morgan fingerprint density at radius 1 is 1.14 bits per heavy atom. The van der Waals surface area contributed by atoms with Crippen LogP contribution in [0.2, 0.25) is 0 Å². The van der Waals surface area contributed by atoms with Gasteiger partial charge >= 0.3 is 0 Å². The van der Waals surface area contributed by atoms with Crippen molar-refractivity contribution in [3.05, 3.63) is 74.0 Å². The Hall–Kier alpha value is -2.71. The van der Waals surface area contributed by atoms with Gasteiger partial charge in [0.25, 0.3) is 11.1 Å². The third-order valence-electron chi connectivity index (χ3n) is 4.50. The van der Waals surface area contributed by atoms with E-state index in [-0.39, 0.29) is 16.4 Å². The smallest absolute Gasteiger partial charge is 0.260 e. The van der Waals surface area contributed by atoms with Crippen LogP contribution in [-0.4, -0.2) is 19.9 Å². The molecule has 0 spiro atoms. The number of aromatic amines is 2. The van der Waals surface area contributed by atoms with Crippen molar-refractivity contribution in [1.29, 1.82) is 0 Å². The first-order valence-corrected chi connectivity index (χ1v) is 11.1. The van der Waals surface area contributed by atoms with Crippen LogP contribution in [0.5, 0.6) is 0 Å². The number of nitrogens with one attached hydrogen (secondary N) is 2. The number of aromatic nitrogens is 4. The monoisotopic (exact) mass is 424 g/mol. The first kappa shape index (κ1) is 19.6. The minimum atomic E-state index is -0.172. The van der Waals surface area contributed by atoms with E-state index in [0.29, 0.717) is 21.2 Å². The second kappa shape index (κ2) is 8.34. The largest absolute Gasteiger partial charge is 0.309 e. The molecule has 0 saturated heterocycles. The number of fused-ring (bicyclic) bond motifs is 1. The van der Waals surface area contributed by atoms with Gasteiger partial charge in [0.2, 0.25) is 0 Å². The van der Waals surface area contributed by atoms with Crippen molar-refractivity contribution in [2.24, 2.45) is 0 Å². The minimum Gasteiger partial charge on any atom is -0.309 e. The highest BCUT2D eigenvalue weighted by Crippen LogP contribution is 2.34. The second-order valence-electron chi connectivity index (χ2n) is 6.70. The molecule has 0 fully saturated rings. The van der Waals surface area contributed by atoms with Crippen molar-refractivity contribution in [3.8, 4) is 11.1 Å². The maximum absolute atomic E-state index is 12.8. The zero-order valence-corrected chi connectivity index (χ0v) is 17.7. The van der Waals surface area contributed by atoms with Gasteiger partial charge in [0.1, 0.15) is 10.7 Å². The standard InChI is InChI=1S/C21H20N4O2S2/c1-3-7-14-10-16(26)23-21(22-14)29-12(2)18-24-19(27)17-15(11-28-20(17)25-18)13-8-5-4-6-9-13/h4-6,8-12H,3,7H2,1-2H3,(H,22,23,26)(H,24,25,27)/t12-/m1/s1. The van der Waals surface area contributed by atoms with Crippen LogP contribution >= 0.6 is 23.1 Å². The summed E-state index contributed by atoms with van der Waals surface area (Å²) in [6.07, 6.45) is 1.67. The fraction of sp³-hybridized carbons (Fsp3) is 0.238. The highest BCUT2D eigenvalue weighted by atomic mass is 32.2. The molecule has 8 heteroatoms. The molecule has 4 aromatic rings. The van der Waals surface area contributed by atoms with Gasteiger partial charge in [0.15, 0.2) is 5.16 Å². The molecule has 0 aliphatic carbocycles. The number of aryl methyl sites for hydroxylation is 1. The Kier molecular flexibility index (Phi) is 5.64. The van der Waals surface area contributed by atoms with Crippen LogP contribution in [0.25, 0.3) is 21.3 Å². The number of hydrogen-bond donors (Lipinski definition) is 2. The molecule has 4 rings (SSSR count). The Morgan fingerprint density at radius 2 is 1.93 bits per heavy atom. The molecule has 0 amide bonds. The lowest BCUT2D eigenvalue weighted by atomic mass is 10.1. The molecule has 1 atom stereocenters. The third-order valence-corrected chi connectivity index (χ3v) is 6.37. The molecule has 29 heavy (non-hydrogen) atoms. The molecular weight excluding hydrogens is 404 g/mol. The summed E-state index contributed by atoms with van der Waals surface area (Å²) in [5, 5.41) is 2.94. The molecular formula is C21H20N4O2S2. The molecule has 0 unspecified atom stereocenters. The maximum atomic E-state index is 12.8. The maximum Gasteiger partial charge on any atom is 0.260 e. The summed E-state index contributed by atoms with van der Waals surface area (Å²) < 4.78 is 0. The van der Waals surface area contributed by atoms with E-state index in [1.54, 1.807) is 0 Å². The summed E-state index contributed by atoms with van der Waals surface area (Å²) in [5.74, 6) is 0.567. The average Bonchev–Trinajstić information content (AvgIpc) is 3.13. The Labute approximate surface area is 175 Å². The minimum absolute atomic E-state index is 0.154. The van der Waals surface area contributed by atoms with Crippen LogP contribution in [0.1, 0.15) is 37.0 Å². The van der Waals surface area contributed by atoms with Gasteiger partial charge in [0, 0.05) is 22.7 Å². The van der Waals surface area contributed by atoms with E-state index in [9.17, 15) is 9.59 Å². The molecule has 0 aliphatic heterocycles. The van der Waals surface area contributed by atoms with Crippen LogP contribution in [0, 0.1) is 0 Å². The van der Waals surface area contributed by atoms with Gasteiger partial charge < -0.3 is 9.97 Å². The lowest BCUT2D eigenvalue weighted by Crippen LogP contribution is -2.14. The molecule has 0 bridgehead atoms. The summed E-state index contributed by atoms with van der Waals surface area (Å²) in [6.45, 7) is 3.99. The van der Waals surface area contributed by atoms with Crippen LogP contribution in [0.3, 0.4) is 0 Å². The lowest BCUT2D eigenvalue weighted by molar-refractivity contribution is 0.810. The van der Waals surface area contributed by atoms with Gasteiger partial charge in [-0.3, -0.25) is 9.59 Å². The summed E-state index contributed by atoms with van der Waals surface area (Å²) in [4.78, 5) is 40.3. The van der Waals surface area contributed by atoms with Crippen molar-refractivity contribution in [3.63, 3.8) is 0 Å². The summed E-state index contributed by atoms with van der Waals surface area (Å²) in [5.41, 5.74) is 2.34. The van der Waals surface area contributed by atoms with Crippen LogP contribution in [0.15, 0.2) is 56.5 Å². The van der Waals surface area contributed by atoms with Crippen LogP contribution < -0.4 is 11.1 Å². The van der Waals surface area contributed by atoms with E-state index in [0.717, 1.165) is 29.7 Å². The van der Waals surface area contributed by atoms with Gasteiger partial charge in [-0.1, -0.05) is 55.4 Å². The van der Waals surface area contributed by atoms with Crippen molar-refractivity contribution < 1.29 is 0 Å². The Bertz CT molecular complexity index is 1260. The summed E-state index contributed by atoms with van der Waals surface area (Å²) >= 11 is 2.84. The van der Waals surface area contributed by atoms with Crippen molar-refractivity contribution >= 4 is 33.3 Å². The van der Waals surface area contributed by atoms with E-state index >= 15 is 0 Å². The van der Waals surface area contributed by atoms with Gasteiger partial charge in [-0.05, 0) is 18.9 Å². The molecule has 148 valence electrons. The topological polar surface area (TPSA) is 91.5 Å². The van der Waals surface area contributed by atoms with Crippen LogP contribution in [-0.2, 0) is 6.42 Å². The molecule has 1 aromatic carbocycles. The number of rotatable bonds is 6. The number of benzene rings is 1. The second-order valence-corrected chi connectivity index (χ2v) is 8.89. The lowest BCUT2D eigenvalue weighted by Gasteiger charge is -2.10. The normalized spacial score (nSPS) is 12.3. The van der Waals surface area contributed by atoms with Gasteiger partial charge in [-0.15, -0.1) is 11.3 Å². The molecule has 0 radical (unpaired) electrons. The molecule has 3 aromatic heterocycles. The van der Waals surface area contributed by atoms with E-state index < -0.39 is 0 Å². The average molecular weight is 425 g/mol. The summed E-state index contributed by atoms with van der Waals surface area (Å²) in [7, 11) is 0.